The lowest BCUT2D eigenvalue weighted by Gasteiger charge is -2.10. The molecule has 0 spiro atoms. The Kier molecular flexibility index (Phi) is 4.52. The Morgan fingerprint density at radius 3 is 2.60 bits per heavy atom. The van der Waals surface area contributed by atoms with Crippen molar-refractivity contribution in [2.75, 3.05) is 11.8 Å². The molecule has 0 bridgehead atoms. The molecule has 0 fully saturated rings. The number of nitrogens with zero attached hydrogens (tertiary/aromatic N) is 1. The molecule has 106 valence electrons. The number of nitrogens with one attached hydrogen (secondary N) is 1. The summed E-state index contributed by atoms with van der Waals surface area (Å²) in [4.78, 5) is 4.02. The highest BCUT2D eigenvalue weighted by molar-refractivity contribution is 9.10. The van der Waals surface area contributed by atoms with Crippen LogP contribution < -0.4 is 9.46 Å². The van der Waals surface area contributed by atoms with Gasteiger partial charge in [0.05, 0.1) is 16.6 Å². The van der Waals surface area contributed by atoms with Crippen molar-refractivity contribution in [2.45, 2.75) is 4.90 Å². The minimum absolute atomic E-state index is 0.00893. The lowest BCUT2D eigenvalue weighted by Crippen LogP contribution is -2.14. The zero-order chi connectivity index (χ0) is 14.8. The number of ether oxygens (including phenoxy) is 1. The van der Waals surface area contributed by atoms with Gasteiger partial charge in [-0.1, -0.05) is 23.7 Å². The quantitative estimate of drug-likeness (QED) is 0.887. The largest absolute Gasteiger partial charge is 0.480 e. The molecule has 8 heteroatoms. The average molecular weight is 378 g/mol. The highest BCUT2D eigenvalue weighted by Crippen LogP contribution is 2.26. The van der Waals surface area contributed by atoms with Crippen LogP contribution in [0.4, 0.5) is 5.82 Å². The number of methoxy groups -OCH3 is 1. The Hall–Kier alpha value is -1.31. The number of pyridine rings is 1. The zero-order valence-corrected chi connectivity index (χ0v) is 13.5. The lowest BCUT2D eigenvalue weighted by molar-refractivity contribution is 0.396. The van der Waals surface area contributed by atoms with E-state index >= 15 is 0 Å². The topological polar surface area (TPSA) is 68.3 Å². The maximum atomic E-state index is 12.2. The third-order valence-electron chi connectivity index (χ3n) is 2.37. The third-order valence-corrected chi connectivity index (χ3v) is 4.83. The molecule has 2 rings (SSSR count). The molecule has 5 nitrogen and oxygen atoms in total. The molecule has 0 radical (unpaired) electrons. The summed E-state index contributed by atoms with van der Waals surface area (Å²) in [5.41, 5.74) is 0. The normalized spacial score (nSPS) is 11.2. The molecule has 1 heterocycles. The molecule has 0 aliphatic rings. The van der Waals surface area contributed by atoms with Gasteiger partial charge in [-0.25, -0.2) is 8.42 Å². The van der Waals surface area contributed by atoms with Crippen LogP contribution in [-0.4, -0.2) is 20.5 Å². The molecule has 0 unspecified atom stereocenters. The van der Waals surface area contributed by atoms with E-state index in [1.807, 2.05) is 0 Å². The fraction of sp³-hybridized carbons (Fsp3) is 0.0833. The summed E-state index contributed by atoms with van der Waals surface area (Å²) in [6, 6.07) is 9.32. The summed E-state index contributed by atoms with van der Waals surface area (Å²) < 4.78 is 32.4. The first-order chi connectivity index (χ1) is 9.44. The third kappa shape index (κ3) is 3.23. The maximum absolute atomic E-state index is 12.2. The van der Waals surface area contributed by atoms with Gasteiger partial charge in [-0.2, -0.15) is 4.98 Å². The van der Waals surface area contributed by atoms with Gasteiger partial charge in [0.15, 0.2) is 0 Å². The molecule has 0 saturated carbocycles. The minimum Gasteiger partial charge on any atom is -0.480 e. The molecule has 0 saturated heterocycles. The van der Waals surface area contributed by atoms with Gasteiger partial charge < -0.3 is 4.74 Å². The molecule has 0 atom stereocenters. The first-order valence-corrected chi connectivity index (χ1v) is 8.07. The summed E-state index contributed by atoms with van der Waals surface area (Å²) in [7, 11) is -2.35. The highest BCUT2D eigenvalue weighted by Gasteiger charge is 2.18. The Morgan fingerprint density at radius 2 is 1.95 bits per heavy atom. The van der Waals surface area contributed by atoms with Crippen LogP contribution in [-0.2, 0) is 10.0 Å². The van der Waals surface area contributed by atoms with Crippen LogP contribution in [0.3, 0.4) is 0 Å². The summed E-state index contributed by atoms with van der Waals surface area (Å²) in [5.74, 6) is 0.425. The van der Waals surface area contributed by atoms with E-state index in [1.165, 1.54) is 25.3 Å². The zero-order valence-electron chi connectivity index (χ0n) is 10.3. The van der Waals surface area contributed by atoms with Crippen molar-refractivity contribution in [3.05, 3.63) is 45.9 Å². The van der Waals surface area contributed by atoms with Crippen molar-refractivity contribution in [1.29, 1.82) is 0 Å². The molecule has 1 N–H and O–H groups in total. The van der Waals surface area contributed by atoms with Gasteiger partial charge in [-0.15, -0.1) is 0 Å². The smallest absolute Gasteiger partial charge is 0.264 e. The van der Waals surface area contributed by atoms with Crippen molar-refractivity contribution in [3.63, 3.8) is 0 Å². The number of anilines is 1. The summed E-state index contributed by atoms with van der Waals surface area (Å²) >= 11 is 9.13. The fourth-order valence-electron chi connectivity index (χ4n) is 1.48. The van der Waals surface area contributed by atoms with Gasteiger partial charge in [0, 0.05) is 0 Å². The van der Waals surface area contributed by atoms with Crippen molar-refractivity contribution in [2.24, 2.45) is 0 Å². The molecule has 1 aromatic heterocycles. The predicted molar refractivity (Wildman–Crippen MR) is 80.7 cm³/mol. The number of rotatable bonds is 4. The number of hydrogen-bond acceptors (Lipinski definition) is 4. The van der Waals surface area contributed by atoms with E-state index in [0.29, 0.717) is 4.47 Å². The van der Waals surface area contributed by atoms with Crippen molar-refractivity contribution >= 4 is 43.4 Å². The van der Waals surface area contributed by atoms with Crippen LogP contribution in [0.1, 0.15) is 0 Å². The monoisotopic (exact) mass is 376 g/mol. The van der Waals surface area contributed by atoms with E-state index in [2.05, 4.69) is 25.6 Å². The van der Waals surface area contributed by atoms with E-state index in [0.717, 1.165) is 0 Å². The molecule has 2 aromatic rings. The minimum atomic E-state index is -3.80. The SMILES string of the molecule is COc1nc(NS(=O)(=O)c2ccccc2Cl)ccc1Br. The van der Waals surface area contributed by atoms with Crippen LogP contribution in [0.5, 0.6) is 5.88 Å². The molecule has 0 aliphatic heterocycles. The van der Waals surface area contributed by atoms with Gasteiger partial charge >= 0.3 is 0 Å². The average Bonchev–Trinajstić information content (AvgIpc) is 2.41. The van der Waals surface area contributed by atoms with E-state index in [1.54, 1.807) is 18.2 Å². The maximum Gasteiger partial charge on any atom is 0.264 e. The highest BCUT2D eigenvalue weighted by atomic mass is 79.9. The van der Waals surface area contributed by atoms with Gasteiger partial charge in [-0.05, 0) is 40.2 Å². The summed E-state index contributed by atoms with van der Waals surface area (Å²) in [5, 5.41) is 0.143. The van der Waals surface area contributed by atoms with E-state index < -0.39 is 10.0 Å². The van der Waals surface area contributed by atoms with Crippen LogP contribution in [0, 0.1) is 0 Å². The van der Waals surface area contributed by atoms with E-state index in [4.69, 9.17) is 16.3 Å². The van der Waals surface area contributed by atoms with Crippen LogP contribution in [0.15, 0.2) is 45.8 Å². The van der Waals surface area contributed by atoms with E-state index in [-0.39, 0.29) is 21.6 Å². The fourth-order valence-corrected chi connectivity index (χ4v) is 3.38. The van der Waals surface area contributed by atoms with Crippen molar-refractivity contribution < 1.29 is 13.2 Å². The van der Waals surface area contributed by atoms with E-state index in [9.17, 15) is 8.42 Å². The molecule has 1 aromatic carbocycles. The standard InChI is InChI=1S/C12H10BrClN2O3S/c1-19-12-8(13)6-7-11(15-12)16-20(17,18)10-5-3-2-4-9(10)14/h2-7H,1H3,(H,15,16). The first kappa shape index (κ1) is 15.1. The number of hydrogen-bond donors (Lipinski definition) is 1. The predicted octanol–water partition coefficient (Wildman–Crippen LogP) is 3.31. The van der Waals surface area contributed by atoms with Crippen LogP contribution >= 0.6 is 27.5 Å². The second-order valence-corrected chi connectivity index (χ2v) is 6.64. The molecule has 0 amide bonds. The molecule has 20 heavy (non-hydrogen) atoms. The first-order valence-electron chi connectivity index (χ1n) is 5.42. The summed E-state index contributed by atoms with van der Waals surface area (Å²) in [6.07, 6.45) is 0. The number of sulfonamides is 1. The summed E-state index contributed by atoms with van der Waals surface area (Å²) in [6.45, 7) is 0. The number of aromatic nitrogens is 1. The number of halogens is 2. The van der Waals surface area contributed by atoms with Crippen molar-refractivity contribution in [3.8, 4) is 5.88 Å². The van der Waals surface area contributed by atoms with Gasteiger partial charge in [-0.3, -0.25) is 4.72 Å². The van der Waals surface area contributed by atoms with Gasteiger partial charge in [0.1, 0.15) is 10.7 Å². The second kappa shape index (κ2) is 5.99. The Labute approximate surface area is 130 Å². The number of benzene rings is 1. The van der Waals surface area contributed by atoms with Crippen LogP contribution in [0.25, 0.3) is 0 Å². The molecule has 0 aliphatic carbocycles. The van der Waals surface area contributed by atoms with Crippen LogP contribution in [0.2, 0.25) is 5.02 Å². The Morgan fingerprint density at radius 1 is 1.25 bits per heavy atom. The second-order valence-electron chi connectivity index (χ2n) is 3.72. The van der Waals surface area contributed by atoms with Crippen molar-refractivity contribution in [1.82, 2.24) is 4.98 Å². The lowest BCUT2D eigenvalue weighted by atomic mass is 10.4. The Bertz CT molecular complexity index is 737. The molecular weight excluding hydrogens is 368 g/mol. The molecular formula is C12H10BrClN2O3S. The Balaban J connectivity index is 2.36. The van der Waals surface area contributed by atoms with Gasteiger partial charge in [0.2, 0.25) is 5.88 Å². The van der Waals surface area contributed by atoms with Gasteiger partial charge in [0.25, 0.3) is 10.0 Å².